The Balaban J connectivity index is 3.02. The Bertz CT molecular complexity index is 395. The third-order valence-electron chi connectivity index (χ3n) is 2.84. The fourth-order valence-electron chi connectivity index (χ4n) is 1.41. The van der Waals surface area contributed by atoms with Crippen LogP contribution in [0.3, 0.4) is 0 Å². The van der Waals surface area contributed by atoms with Gasteiger partial charge in [0.15, 0.2) is 0 Å². The molecule has 1 unspecified atom stereocenters. The summed E-state index contributed by atoms with van der Waals surface area (Å²) < 4.78 is 0. The predicted molar refractivity (Wildman–Crippen MR) is 67.6 cm³/mol. The van der Waals surface area contributed by atoms with Crippen molar-refractivity contribution in [3.8, 4) is 12.3 Å². The number of rotatable bonds is 2. The summed E-state index contributed by atoms with van der Waals surface area (Å²) in [5.74, 6) is 2.94. The third-order valence-corrected chi connectivity index (χ3v) is 2.84. The number of hydrogen-bond donors (Lipinski definition) is 0. The molecular formula is C15H18. The van der Waals surface area contributed by atoms with E-state index in [1.807, 2.05) is 6.92 Å². The molecule has 0 saturated carbocycles. The highest BCUT2D eigenvalue weighted by atomic mass is 14.1. The molecule has 0 aliphatic carbocycles. The lowest BCUT2D eigenvalue weighted by atomic mass is 9.97. The van der Waals surface area contributed by atoms with Crippen LogP contribution in [0.1, 0.15) is 44.7 Å². The average molecular weight is 198 g/mol. The molecule has 0 radical (unpaired) electrons. The second-order valence-corrected chi connectivity index (χ2v) is 4.14. The Hall–Kier alpha value is -1.48. The molecule has 0 aromatic heterocycles. The van der Waals surface area contributed by atoms with Gasteiger partial charge in [0, 0.05) is 5.92 Å². The molecule has 15 heavy (non-hydrogen) atoms. The van der Waals surface area contributed by atoms with Crippen LogP contribution in [0.15, 0.2) is 29.8 Å². The van der Waals surface area contributed by atoms with E-state index in [1.54, 1.807) is 0 Å². The van der Waals surface area contributed by atoms with Crippen molar-refractivity contribution in [2.45, 2.75) is 33.6 Å². The van der Waals surface area contributed by atoms with Gasteiger partial charge >= 0.3 is 0 Å². The summed E-state index contributed by atoms with van der Waals surface area (Å²) in [5, 5.41) is 0. The van der Waals surface area contributed by atoms with Gasteiger partial charge in [-0.2, -0.15) is 0 Å². The van der Waals surface area contributed by atoms with Crippen molar-refractivity contribution in [2.75, 3.05) is 0 Å². The van der Waals surface area contributed by atoms with Crippen LogP contribution in [-0.4, -0.2) is 0 Å². The van der Waals surface area contributed by atoms with E-state index < -0.39 is 0 Å². The zero-order valence-corrected chi connectivity index (χ0v) is 9.96. The smallest absolute Gasteiger partial charge is 0.0421 e. The summed E-state index contributed by atoms with van der Waals surface area (Å²) in [6.45, 7) is 8.46. The Morgan fingerprint density at radius 2 is 1.67 bits per heavy atom. The van der Waals surface area contributed by atoms with E-state index in [2.05, 4.69) is 51.0 Å². The van der Waals surface area contributed by atoms with E-state index in [9.17, 15) is 0 Å². The molecule has 0 saturated heterocycles. The van der Waals surface area contributed by atoms with Gasteiger partial charge in [0.05, 0.1) is 0 Å². The lowest BCUT2D eigenvalue weighted by Crippen LogP contribution is -1.90. The molecule has 0 heterocycles. The van der Waals surface area contributed by atoms with Gasteiger partial charge in [-0.05, 0) is 44.4 Å². The second-order valence-electron chi connectivity index (χ2n) is 4.14. The molecule has 0 aliphatic rings. The molecule has 0 amide bonds. The van der Waals surface area contributed by atoms with Crippen molar-refractivity contribution in [2.24, 2.45) is 0 Å². The van der Waals surface area contributed by atoms with E-state index in [-0.39, 0.29) is 5.92 Å². The standard InChI is InChI=1S/C15H18/c1-6-12(4)14-7-9-15(10-8-14)13(5)11(2)3/h1,7-10,12H,2-5H3. The molecule has 0 N–H and O–H groups in total. The maximum Gasteiger partial charge on any atom is 0.0421 e. The minimum absolute atomic E-state index is 0.200. The van der Waals surface area contributed by atoms with E-state index in [4.69, 9.17) is 6.42 Å². The SMILES string of the molecule is C#CC(C)c1ccc(C(C)=C(C)C)cc1. The van der Waals surface area contributed by atoms with Crippen LogP contribution in [0.5, 0.6) is 0 Å². The quantitative estimate of drug-likeness (QED) is 0.624. The summed E-state index contributed by atoms with van der Waals surface area (Å²) in [7, 11) is 0. The summed E-state index contributed by atoms with van der Waals surface area (Å²) >= 11 is 0. The molecule has 1 aromatic carbocycles. The Morgan fingerprint density at radius 1 is 1.13 bits per heavy atom. The zero-order valence-electron chi connectivity index (χ0n) is 9.96. The van der Waals surface area contributed by atoms with E-state index in [0.717, 1.165) is 0 Å². The fraction of sp³-hybridized carbons (Fsp3) is 0.333. The first-order valence-corrected chi connectivity index (χ1v) is 5.26. The molecule has 0 bridgehead atoms. The van der Waals surface area contributed by atoms with Crippen molar-refractivity contribution in [1.29, 1.82) is 0 Å². The van der Waals surface area contributed by atoms with Gasteiger partial charge in [-0.25, -0.2) is 0 Å². The number of benzene rings is 1. The van der Waals surface area contributed by atoms with Crippen LogP contribution in [0.4, 0.5) is 0 Å². The Kier molecular flexibility index (Phi) is 3.74. The van der Waals surface area contributed by atoms with Crippen LogP contribution in [0, 0.1) is 12.3 Å². The van der Waals surface area contributed by atoms with Gasteiger partial charge in [0.25, 0.3) is 0 Å². The fourth-order valence-corrected chi connectivity index (χ4v) is 1.41. The van der Waals surface area contributed by atoms with Crippen molar-refractivity contribution >= 4 is 5.57 Å². The predicted octanol–water partition coefficient (Wildman–Crippen LogP) is 4.24. The first-order chi connectivity index (χ1) is 7.06. The summed E-state index contributed by atoms with van der Waals surface area (Å²) in [4.78, 5) is 0. The molecule has 78 valence electrons. The Morgan fingerprint density at radius 3 is 2.07 bits per heavy atom. The molecule has 0 aliphatic heterocycles. The van der Waals surface area contributed by atoms with Crippen molar-refractivity contribution in [1.82, 2.24) is 0 Å². The summed E-state index contributed by atoms with van der Waals surface area (Å²) in [6, 6.07) is 8.52. The van der Waals surface area contributed by atoms with Crippen LogP contribution in [0.2, 0.25) is 0 Å². The van der Waals surface area contributed by atoms with Crippen LogP contribution in [-0.2, 0) is 0 Å². The number of terminal acetylenes is 1. The van der Waals surface area contributed by atoms with Gasteiger partial charge in [-0.3, -0.25) is 0 Å². The molecule has 0 nitrogen and oxygen atoms in total. The van der Waals surface area contributed by atoms with Gasteiger partial charge in [0.1, 0.15) is 0 Å². The highest BCUT2D eigenvalue weighted by Crippen LogP contribution is 2.21. The van der Waals surface area contributed by atoms with E-state index in [0.29, 0.717) is 0 Å². The molecule has 0 fully saturated rings. The first-order valence-electron chi connectivity index (χ1n) is 5.26. The largest absolute Gasteiger partial charge is 0.119 e. The molecule has 1 aromatic rings. The molecule has 1 rings (SSSR count). The van der Waals surface area contributed by atoms with Crippen LogP contribution < -0.4 is 0 Å². The van der Waals surface area contributed by atoms with Gasteiger partial charge in [0.2, 0.25) is 0 Å². The third kappa shape index (κ3) is 2.73. The first kappa shape index (κ1) is 11.6. The molecule has 0 heteroatoms. The van der Waals surface area contributed by atoms with Crippen LogP contribution in [0.25, 0.3) is 5.57 Å². The minimum atomic E-state index is 0.200. The van der Waals surface area contributed by atoms with Crippen molar-refractivity contribution < 1.29 is 0 Å². The molecule has 1 atom stereocenters. The van der Waals surface area contributed by atoms with Crippen LogP contribution >= 0.6 is 0 Å². The lowest BCUT2D eigenvalue weighted by molar-refractivity contribution is 1.01. The highest BCUT2D eigenvalue weighted by molar-refractivity contribution is 5.66. The van der Waals surface area contributed by atoms with Gasteiger partial charge < -0.3 is 0 Å². The summed E-state index contributed by atoms with van der Waals surface area (Å²) in [5.41, 5.74) is 5.19. The van der Waals surface area contributed by atoms with E-state index >= 15 is 0 Å². The molecule has 0 spiro atoms. The maximum atomic E-state index is 5.39. The topological polar surface area (TPSA) is 0 Å². The maximum absolute atomic E-state index is 5.39. The monoisotopic (exact) mass is 198 g/mol. The van der Waals surface area contributed by atoms with E-state index in [1.165, 1.54) is 22.3 Å². The number of allylic oxidation sites excluding steroid dienone is 2. The lowest BCUT2D eigenvalue weighted by Gasteiger charge is -2.08. The van der Waals surface area contributed by atoms with Gasteiger partial charge in [-0.15, -0.1) is 6.42 Å². The molecular weight excluding hydrogens is 180 g/mol. The van der Waals surface area contributed by atoms with Crippen molar-refractivity contribution in [3.05, 3.63) is 41.0 Å². The summed E-state index contributed by atoms with van der Waals surface area (Å²) in [6.07, 6.45) is 5.39. The normalized spacial score (nSPS) is 11.7. The van der Waals surface area contributed by atoms with Crippen molar-refractivity contribution in [3.63, 3.8) is 0 Å². The second kappa shape index (κ2) is 4.84. The Labute approximate surface area is 93.0 Å². The van der Waals surface area contributed by atoms with Gasteiger partial charge in [-0.1, -0.05) is 35.8 Å². The average Bonchev–Trinajstić information content (AvgIpc) is 2.27. The number of hydrogen-bond acceptors (Lipinski definition) is 0. The minimum Gasteiger partial charge on any atom is -0.119 e. The highest BCUT2D eigenvalue weighted by Gasteiger charge is 2.02. The zero-order chi connectivity index (χ0) is 11.4.